The molecule has 6 heavy (non-hydrogen) atoms. The number of rotatable bonds is 3. The molecule has 0 atom stereocenters. The van der Waals surface area contributed by atoms with E-state index in [2.05, 4.69) is 17.7 Å². The molecular weight excluding hydrogens is 78.8 g/mol. The fourth-order valence-corrected chi connectivity index (χ4v) is 0.131. The van der Waals surface area contributed by atoms with Crippen molar-refractivity contribution in [3.05, 3.63) is 0 Å². The van der Waals surface area contributed by atoms with Crippen LogP contribution in [0.25, 0.3) is 0 Å². The van der Waals surface area contributed by atoms with E-state index in [0.29, 0.717) is 6.61 Å². The predicted octanol–water partition coefficient (Wildman–Crippen LogP) is 0.428. The lowest BCUT2D eigenvalue weighted by atomic mass is 10.5. The maximum absolute atomic E-state index is 4.49. The van der Waals surface area contributed by atoms with Crippen LogP contribution in [0, 0.1) is 0 Å². The van der Waals surface area contributed by atoms with Crippen LogP contribution in [0.15, 0.2) is 0 Å². The van der Waals surface area contributed by atoms with Crippen molar-refractivity contribution in [1.82, 2.24) is 0 Å². The van der Waals surface area contributed by atoms with Crippen LogP contribution in [0.1, 0.15) is 13.3 Å². The monoisotopic (exact) mass is 86.1 g/mol. The Labute approximate surface area is 38.8 Å². The molecular formula is C3H7BO2. The summed E-state index contributed by atoms with van der Waals surface area (Å²) in [4.78, 5) is 8.04. The van der Waals surface area contributed by atoms with Crippen molar-refractivity contribution in [3.63, 3.8) is 0 Å². The van der Waals surface area contributed by atoms with Gasteiger partial charge in [-0.1, -0.05) is 6.92 Å². The van der Waals surface area contributed by atoms with Gasteiger partial charge in [-0.2, -0.15) is 0 Å². The summed E-state index contributed by atoms with van der Waals surface area (Å²) in [5.41, 5.74) is 0. The molecule has 0 fully saturated rings. The van der Waals surface area contributed by atoms with Gasteiger partial charge in [-0.25, -0.2) is 0 Å². The summed E-state index contributed by atoms with van der Waals surface area (Å²) < 4.78 is 0. The van der Waals surface area contributed by atoms with E-state index < -0.39 is 0 Å². The Hall–Kier alpha value is -0.0151. The third-order valence-electron chi connectivity index (χ3n) is 0.355. The maximum Gasteiger partial charge on any atom is 0.338 e. The van der Waals surface area contributed by atoms with Crippen LogP contribution in [0.3, 0.4) is 0 Å². The van der Waals surface area contributed by atoms with E-state index >= 15 is 0 Å². The summed E-state index contributed by atoms with van der Waals surface area (Å²) in [5.74, 6) is 0. The summed E-state index contributed by atoms with van der Waals surface area (Å²) in [6, 6.07) is 0. The molecule has 0 aromatic rings. The molecule has 0 amide bonds. The molecule has 0 aliphatic rings. The highest BCUT2D eigenvalue weighted by molar-refractivity contribution is 5.97. The van der Waals surface area contributed by atoms with Crippen molar-refractivity contribution in [2.75, 3.05) is 6.61 Å². The Morgan fingerprint density at radius 2 is 2.33 bits per heavy atom. The summed E-state index contributed by atoms with van der Waals surface area (Å²) in [5, 5.41) is 0. The SMILES string of the molecule is [B]OOCCC. The molecule has 2 radical (unpaired) electrons. The van der Waals surface area contributed by atoms with Gasteiger partial charge in [-0.3, -0.25) is 4.89 Å². The first-order chi connectivity index (χ1) is 2.91. The first-order valence-corrected chi connectivity index (χ1v) is 1.90. The van der Waals surface area contributed by atoms with Crippen LogP contribution in [-0.4, -0.2) is 14.7 Å². The lowest BCUT2D eigenvalue weighted by molar-refractivity contribution is -0.203. The molecule has 34 valence electrons. The van der Waals surface area contributed by atoms with Gasteiger partial charge in [0.1, 0.15) is 0 Å². The topological polar surface area (TPSA) is 18.5 Å². The van der Waals surface area contributed by atoms with Crippen molar-refractivity contribution in [2.24, 2.45) is 0 Å². The van der Waals surface area contributed by atoms with Crippen molar-refractivity contribution >= 4 is 8.05 Å². The van der Waals surface area contributed by atoms with Gasteiger partial charge >= 0.3 is 8.05 Å². The van der Waals surface area contributed by atoms with Gasteiger partial charge in [-0.15, -0.1) is 0 Å². The van der Waals surface area contributed by atoms with E-state index in [9.17, 15) is 0 Å². The second-order valence-electron chi connectivity index (χ2n) is 0.918. The zero-order chi connectivity index (χ0) is 4.83. The summed E-state index contributed by atoms with van der Waals surface area (Å²) in [6.07, 6.45) is 0.928. The van der Waals surface area contributed by atoms with E-state index in [-0.39, 0.29) is 0 Å². The second-order valence-corrected chi connectivity index (χ2v) is 0.918. The lowest BCUT2D eigenvalue weighted by Gasteiger charge is -1.92. The van der Waals surface area contributed by atoms with Crippen LogP contribution < -0.4 is 0 Å². The highest BCUT2D eigenvalue weighted by atomic mass is 17.2. The van der Waals surface area contributed by atoms with Crippen LogP contribution in [0.4, 0.5) is 0 Å². The molecule has 0 aromatic heterocycles. The first kappa shape index (κ1) is 5.98. The van der Waals surface area contributed by atoms with Crippen LogP contribution in [0.5, 0.6) is 0 Å². The quantitative estimate of drug-likeness (QED) is 0.214. The molecule has 0 aromatic carbocycles. The Morgan fingerprint density at radius 3 is 2.50 bits per heavy atom. The van der Waals surface area contributed by atoms with Crippen molar-refractivity contribution < 1.29 is 9.69 Å². The van der Waals surface area contributed by atoms with Gasteiger partial charge in [-0.05, 0) is 6.42 Å². The molecule has 2 nitrogen and oxygen atoms in total. The Bertz CT molecular complexity index is 20.8. The molecule has 0 aliphatic carbocycles. The van der Waals surface area contributed by atoms with E-state index in [1.54, 1.807) is 0 Å². The summed E-state index contributed by atoms with van der Waals surface area (Å²) >= 11 is 0. The van der Waals surface area contributed by atoms with Crippen molar-refractivity contribution in [2.45, 2.75) is 13.3 Å². The average Bonchev–Trinajstić information content (AvgIpc) is 1.61. The third kappa shape index (κ3) is 3.98. The molecule has 0 N–H and O–H groups in total. The summed E-state index contributed by atoms with van der Waals surface area (Å²) in [6.45, 7) is 2.54. The minimum atomic E-state index is 0.566. The zero-order valence-electron chi connectivity index (χ0n) is 3.81. The number of hydrogen-bond donors (Lipinski definition) is 0. The van der Waals surface area contributed by atoms with Gasteiger partial charge < -0.3 is 4.81 Å². The third-order valence-corrected chi connectivity index (χ3v) is 0.355. The predicted molar refractivity (Wildman–Crippen MR) is 23.1 cm³/mol. The normalized spacial score (nSPS) is 8.83. The molecule has 3 heteroatoms. The minimum Gasteiger partial charge on any atom is -0.318 e. The Kier molecular flexibility index (Phi) is 4.97. The molecule has 0 aliphatic heterocycles. The molecule has 0 heterocycles. The fourth-order valence-electron chi connectivity index (χ4n) is 0.131. The molecule has 0 bridgehead atoms. The van der Waals surface area contributed by atoms with E-state index in [0.717, 1.165) is 6.42 Å². The molecule has 0 unspecified atom stereocenters. The standard InChI is InChI=1S/C3H7BO2/c1-2-3-5-6-4/h2-3H2,1H3. The van der Waals surface area contributed by atoms with Crippen LogP contribution in [-0.2, 0) is 9.69 Å². The van der Waals surface area contributed by atoms with Gasteiger partial charge in [0.15, 0.2) is 0 Å². The van der Waals surface area contributed by atoms with Crippen LogP contribution in [0.2, 0.25) is 0 Å². The molecule has 0 rings (SSSR count). The van der Waals surface area contributed by atoms with E-state index in [1.165, 1.54) is 0 Å². The van der Waals surface area contributed by atoms with Gasteiger partial charge in [0, 0.05) is 0 Å². The van der Waals surface area contributed by atoms with Gasteiger partial charge in [0.2, 0.25) is 0 Å². The van der Waals surface area contributed by atoms with Crippen LogP contribution >= 0.6 is 0 Å². The highest BCUT2D eigenvalue weighted by Crippen LogP contribution is 1.75. The van der Waals surface area contributed by atoms with Gasteiger partial charge in [0.05, 0.1) is 6.61 Å². The largest absolute Gasteiger partial charge is 0.338 e. The maximum atomic E-state index is 4.49. The first-order valence-electron chi connectivity index (χ1n) is 1.90. The zero-order valence-corrected chi connectivity index (χ0v) is 3.81. The Morgan fingerprint density at radius 1 is 1.67 bits per heavy atom. The van der Waals surface area contributed by atoms with Crippen molar-refractivity contribution in [3.8, 4) is 0 Å². The smallest absolute Gasteiger partial charge is 0.318 e. The van der Waals surface area contributed by atoms with Crippen molar-refractivity contribution in [1.29, 1.82) is 0 Å². The van der Waals surface area contributed by atoms with E-state index in [1.807, 2.05) is 6.92 Å². The average molecular weight is 85.9 g/mol. The highest BCUT2D eigenvalue weighted by Gasteiger charge is 1.73. The molecule has 0 saturated heterocycles. The number of hydrogen-bond acceptors (Lipinski definition) is 2. The second kappa shape index (κ2) is 4.98. The van der Waals surface area contributed by atoms with E-state index in [4.69, 9.17) is 0 Å². The minimum absolute atomic E-state index is 0.566. The Balaban J connectivity index is 2.34. The lowest BCUT2D eigenvalue weighted by Crippen LogP contribution is -1.89. The van der Waals surface area contributed by atoms with Gasteiger partial charge in [0.25, 0.3) is 0 Å². The molecule has 0 spiro atoms. The molecule has 0 saturated carbocycles. The summed E-state index contributed by atoms with van der Waals surface area (Å²) in [7, 11) is 4.49. The fraction of sp³-hybridized carbons (Fsp3) is 1.00.